The van der Waals surface area contributed by atoms with Gasteiger partial charge in [0.2, 0.25) is 0 Å². The maximum atomic E-state index is 13.1. The van der Waals surface area contributed by atoms with E-state index in [-0.39, 0.29) is 5.56 Å². The Morgan fingerprint density at radius 2 is 1.89 bits per heavy atom. The molecule has 1 atom stereocenters. The molecule has 0 aliphatic carbocycles. The molecule has 19 heavy (non-hydrogen) atoms. The maximum absolute atomic E-state index is 13.1. The molecular weight excluding hydrogens is 257 g/mol. The Kier molecular flexibility index (Phi) is 3.90. The Morgan fingerprint density at radius 1 is 1.26 bits per heavy atom. The van der Waals surface area contributed by atoms with Gasteiger partial charge in [0, 0.05) is 12.7 Å². The van der Waals surface area contributed by atoms with Crippen molar-refractivity contribution < 1.29 is 18.3 Å². The standard InChI is InChI=1S/C13H13F3N2O/c1-2-5-18-11(3-4-17-18)13(19)8-6-9(14)12(16)10(15)7-8/h3-4,6-7,13,19H,2,5H2,1H3. The van der Waals surface area contributed by atoms with Gasteiger partial charge in [0.05, 0.1) is 5.69 Å². The van der Waals surface area contributed by atoms with Gasteiger partial charge >= 0.3 is 0 Å². The number of rotatable bonds is 4. The highest BCUT2D eigenvalue weighted by atomic mass is 19.2. The minimum atomic E-state index is -1.54. The van der Waals surface area contributed by atoms with Crippen LogP contribution in [0.3, 0.4) is 0 Å². The average molecular weight is 270 g/mol. The van der Waals surface area contributed by atoms with E-state index in [1.54, 1.807) is 10.7 Å². The molecule has 2 aromatic rings. The molecular formula is C13H13F3N2O. The van der Waals surface area contributed by atoms with Crippen molar-refractivity contribution in [2.24, 2.45) is 0 Å². The SMILES string of the molecule is CCCn1nccc1C(O)c1cc(F)c(F)c(F)c1. The Bertz CT molecular complexity index is 560. The monoisotopic (exact) mass is 270 g/mol. The van der Waals surface area contributed by atoms with Crippen LogP contribution in [-0.4, -0.2) is 14.9 Å². The lowest BCUT2D eigenvalue weighted by Crippen LogP contribution is -2.11. The van der Waals surface area contributed by atoms with Crippen LogP contribution in [0.2, 0.25) is 0 Å². The molecule has 2 rings (SSSR count). The Labute approximate surface area is 108 Å². The van der Waals surface area contributed by atoms with Crippen molar-refractivity contribution in [1.29, 1.82) is 0 Å². The lowest BCUT2D eigenvalue weighted by molar-refractivity contribution is 0.206. The molecule has 1 N–H and O–H groups in total. The third-order valence-electron chi connectivity index (χ3n) is 2.79. The number of hydrogen-bond acceptors (Lipinski definition) is 2. The number of aromatic nitrogens is 2. The fourth-order valence-electron chi connectivity index (χ4n) is 1.88. The van der Waals surface area contributed by atoms with Gasteiger partial charge in [-0.05, 0) is 30.2 Å². The van der Waals surface area contributed by atoms with Crippen LogP contribution >= 0.6 is 0 Å². The first kappa shape index (κ1) is 13.6. The normalized spacial score (nSPS) is 12.7. The molecule has 1 heterocycles. The molecule has 3 nitrogen and oxygen atoms in total. The summed E-state index contributed by atoms with van der Waals surface area (Å²) in [5.74, 6) is -4.19. The van der Waals surface area contributed by atoms with E-state index < -0.39 is 23.6 Å². The van der Waals surface area contributed by atoms with E-state index >= 15 is 0 Å². The number of halogens is 3. The van der Waals surface area contributed by atoms with Gasteiger partial charge < -0.3 is 5.11 Å². The highest BCUT2D eigenvalue weighted by Crippen LogP contribution is 2.24. The summed E-state index contributed by atoms with van der Waals surface area (Å²) in [5.41, 5.74) is 0.363. The van der Waals surface area contributed by atoms with E-state index in [4.69, 9.17) is 0 Å². The minimum absolute atomic E-state index is 0.0470. The van der Waals surface area contributed by atoms with E-state index in [1.807, 2.05) is 6.92 Å². The largest absolute Gasteiger partial charge is 0.382 e. The highest BCUT2D eigenvalue weighted by Gasteiger charge is 2.19. The van der Waals surface area contributed by atoms with Crippen LogP contribution in [-0.2, 0) is 6.54 Å². The zero-order chi connectivity index (χ0) is 14.0. The van der Waals surface area contributed by atoms with Crippen LogP contribution in [0.15, 0.2) is 24.4 Å². The summed E-state index contributed by atoms with van der Waals surface area (Å²) in [4.78, 5) is 0. The Hall–Kier alpha value is -1.82. The van der Waals surface area contributed by atoms with Crippen LogP contribution in [0, 0.1) is 17.5 Å². The van der Waals surface area contributed by atoms with Gasteiger partial charge in [0.25, 0.3) is 0 Å². The molecule has 0 fully saturated rings. The van der Waals surface area contributed by atoms with Gasteiger partial charge in [-0.25, -0.2) is 13.2 Å². The smallest absolute Gasteiger partial charge is 0.194 e. The van der Waals surface area contributed by atoms with Gasteiger partial charge in [-0.2, -0.15) is 5.10 Å². The average Bonchev–Trinajstić information content (AvgIpc) is 2.83. The second-order valence-corrected chi connectivity index (χ2v) is 4.18. The summed E-state index contributed by atoms with van der Waals surface area (Å²) in [5, 5.41) is 14.1. The van der Waals surface area contributed by atoms with Crippen LogP contribution in [0.4, 0.5) is 13.2 Å². The molecule has 0 radical (unpaired) electrons. The summed E-state index contributed by atoms with van der Waals surface area (Å²) >= 11 is 0. The van der Waals surface area contributed by atoms with E-state index in [2.05, 4.69) is 5.10 Å². The molecule has 0 saturated carbocycles. The van der Waals surface area contributed by atoms with Gasteiger partial charge in [-0.1, -0.05) is 6.92 Å². The number of aliphatic hydroxyl groups excluding tert-OH is 1. The minimum Gasteiger partial charge on any atom is -0.382 e. The maximum Gasteiger partial charge on any atom is 0.194 e. The number of benzene rings is 1. The number of aliphatic hydroxyl groups is 1. The van der Waals surface area contributed by atoms with Crippen molar-refractivity contribution in [3.05, 3.63) is 53.1 Å². The van der Waals surface area contributed by atoms with Crippen molar-refractivity contribution in [3.8, 4) is 0 Å². The third-order valence-corrected chi connectivity index (χ3v) is 2.79. The lowest BCUT2D eigenvalue weighted by atomic mass is 10.1. The Morgan fingerprint density at radius 3 is 2.47 bits per heavy atom. The summed E-state index contributed by atoms with van der Waals surface area (Å²) in [6, 6.07) is 3.12. The number of aryl methyl sites for hydroxylation is 1. The fourth-order valence-corrected chi connectivity index (χ4v) is 1.88. The fraction of sp³-hybridized carbons (Fsp3) is 0.308. The summed E-state index contributed by atoms with van der Waals surface area (Å²) in [7, 11) is 0. The summed E-state index contributed by atoms with van der Waals surface area (Å²) in [6.07, 6.45) is 1.04. The predicted octanol–water partition coefficient (Wildman–Crippen LogP) is 2.79. The molecule has 102 valence electrons. The predicted molar refractivity (Wildman–Crippen MR) is 62.9 cm³/mol. The van der Waals surface area contributed by atoms with Gasteiger partial charge in [-0.3, -0.25) is 4.68 Å². The number of hydrogen-bond donors (Lipinski definition) is 1. The summed E-state index contributed by atoms with van der Waals surface area (Å²) in [6.45, 7) is 2.51. The van der Waals surface area contributed by atoms with E-state index in [1.165, 1.54) is 6.20 Å². The topological polar surface area (TPSA) is 38.0 Å². The van der Waals surface area contributed by atoms with E-state index in [9.17, 15) is 18.3 Å². The van der Waals surface area contributed by atoms with Crippen LogP contribution in [0.1, 0.15) is 30.7 Å². The second-order valence-electron chi connectivity index (χ2n) is 4.18. The molecule has 0 bridgehead atoms. The van der Waals surface area contributed by atoms with Gasteiger partial charge in [-0.15, -0.1) is 0 Å². The molecule has 1 unspecified atom stereocenters. The van der Waals surface area contributed by atoms with E-state index in [0.29, 0.717) is 12.2 Å². The van der Waals surface area contributed by atoms with E-state index in [0.717, 1.165) is 18.6 Å². The van der Waals surface area contributed by atoms with Gasteiger partial charge in [0.1, 0.15) is 6.10 Å². The molecule has 0 aliphatic rings. The molecule has 1 aromatic carbocycles. The molecule has 0 spiro atoms. The van der Waals surface area contributed by atoms with Crippen molar-refractivity contribution in [1.82, 2.24) is 9.78 Å². The second kappa shape index (κ2) is 5.44. The quantitative estimate of drug-likeness (QED) is 0.867. The highest BCUT2D eigenvalue weighted by molar-refractivity contribution is 5.27. The van der Waals surface area contributed by atoms with Crippen LogP contribution in [0.25, 0.3) is 0 Å². The zero-order valence-electron chi connectivity index (χ0n) is 10.3. The summed E-state index contributed by atoms with van der Waals surface area (Å²) < 4.78 is 40.7. The van der Waals surface area contributed by atoms with Crippen molar-refractivity contribution >= 4 is 0 Å². The van der Waals surface area contributed by atoms with Crippen molar-refractivity contribution in [3.63, 3.8) is 0 Å². The molecule has 0 saturated heterocycles. The third kappa shape index (κ3) is 2.63. The molecule has 0 aliphatic heterocycles. The molecule has 0 amide bonds. The van der Waals surface area contributed by atoms with Crippen molar-refractivity contribution in [2.45, 2.75) is 26.0 Å². The molecule has 6 heteroatoms. The van der Waals surface area contributed by atoms with Crippen LogP contribution < -0.4 is 0 Å². The van der Waals surface area contributed by atoms with Gasteiger partial charge in [0.15, 0.2) is 17.5 Å². The van der Waals surface area contributed by atoms with Crippen LogP contribution in [0.5, 0.6) is 0 Å². The molecule has 1 aromatic heterocycles. The lowest BCUT2D eigenvalue weighted by Gasteiger charge is -2.14. The first-order chi connectivity index (χ1) is 9.04. The number of nitrogens with zero attached hydrogens (tertiary/aromatic N) is 2. The first-order valence-electron chi connectivity index (χ1n) is 5.88. The van der Waals surface area contributed by atoms with Crippen molar-refractivity contribution in [2.75, 3.05) is 0 Å². The Balaban J connectivity index is 2.38. The zero-order valence-corrected chi connectivity index (χ0v) is 10.3. The first-order valence-corrected chi connectivity index (χ1v) is 5.88.